The molecule has 2 amide bonds. The number of imide groups is 1. The van der Waals surface area contributed by atoms with Gasteiger partial charge in [0.2, 0.25) is 5.91 Å². The van der Waals surface area contributed by atoms with E-state index in [9.17, 15) is 34.6 Å². The van der Waals surface area contributed by atoms with E-state index in [-0.39, 0.29) is 39.2 Å². The Kier molecular flexibility index (Phi) is 7.03. The summed E-state index contributed by atoms with van der Waals surface area (Å²) in [4.78, 5) is 68.3. The fraction of sp³-hybridized carbons (Fsp3) is 0.143. The number of carbonyl (C=O) groups is 3. The normalized spacial score (nSPS) is 19.3. The van der Waals surface area contributed by atoms with Crippen molar-refractivity contribution >= 4 is 52.1 Å². The highest BCUT2D eigenvalue weighted by molar-refractivity contribution is 6.33. The monoisotopic (exact) mass is 618 g/mol. The van der Waals surface area contributed by atoms with Crippen molar-refractivity contribution in [3.05, 3.63) is 116 Å². The molecule has 16 heteroatoms. The first kappa shape index (κ1) is 28.4. The van der Waals surface area contributed by atoms with Crippen LogP contribution in [0.2, 0.25) is 5.02 Å². The number of anilines is 2. The first-order chi connectivity index (χ1) is 21.0. The Bertz CT molecular complexity index is 1820. The zero-order valence-electron chi connectivity index (χ0n) is 22.5. The highest BCUT2D eigenvalue weighted by atomic mass is 35.5. The van der Waals surface area contributed by atoms with E-state index in [2.05, 4.69) is 5.10 Å². The van der Waals surface area contributed by atoms with Crippen molar-refractivity contribution in [1.82, 2.24) is 9.78 Å². The number of fused-ring (bicyclic) bond motifs is 1. The van der Waals surface area contributed by atoms with Crippen molar-refractivity contribution in [2.45, 2.75) is 12.1 Å². The van der Waals surface area contributed by atoms with Crippen molar-refractivity contribution in [3.63, 3.8) is 0 Å². The predicted molar refractivity (Wildman–Crippen MR) is 152 cm³/mol. The maximum atomic E-state index is 13.8. The lowest BCUT2D eigenvalue weighted by atomic mass is 9.90. The number of hydrogen-bond donors (Lipinski definition) is 0. The second-order valence-corrected chi connectivity index (χ2v) is 10.2. The molecule has 44 heavy (non-hydrogen) atoms. The molecule has 6 rings (SSSR count). The molecule has 3 unspecified atom stereocenters. The summed E-state index contributed by atoms with van der Waals surface area (Å²) >= 11 is 6.04. The number of nitro benzene ring substituents is 2. The number of rotatable bonds is 7. The molecule has 2 aliphatic heterocycles. The number of aryl methyl sites for hydroxylation is 1. The smallest absolute Gasteiger partial charge is 0.363 e. The van der Waals surface area contributed by atoms with Crippen LogP contribution >= 0.6 is 11.6 Å². The van der Waals surface area contributed by atoms with E-state index >= 15 is 0 Å². The van der Waals surface area contributed by atoms with Crippen molar-refractivity contribution in [2.24, 2.45) is 13.0 Å². The van der Waals surface area contributed by atoms with E-state index in [0.29, 0.717) is 5.56 Å². The number of hydroxylamine groups is 1. The summed E-state index contributed by atoms with van der Waals surface area (Å²) in [6, 6.07) is 15.6. The Hall–Kier alpha value is -5.67. The van der Waals surface area contributed by atoms with Gasteiger partial charge < -0.3 is 4.74 Å². The standard InChI is InChI=1S/C28H19ClN6O9/c1-31-24(21(29)14-30-31)28(38)43-20-11-5-15(6-12-20)23-22-25(44-33(23)18-3-2-4-19(13-18)35(41)42)27(37)32(26(22)36)16-7-9-17(10-8-16)34(39)40/h2-14,22-23,25H,1H3. The molecule has 0 bridgehead atoms. The van der Waals surface area contributed by atoms with Crippen LogP contribution < -0.4 is 14.7 Å². The number of halogens is 1. The lowest BCUT2D eigenvalue weighted by Crippen LogP contribution is -2.37. The van der Waals surface area contributed by atoms with Gasteiger partial charge in [-0.25, -0.2) is 14.8 Å². The molecular formula is C28H19ClN6O9. The SMILES string of the molecule is Cn1ncc(Cl)c1C(=O)Oc1ccc(C2C3C(=O)N(c4ccc([N+](=O)[O-])cc4)C(=O)C3ON2c2cccc([N+](=O)[O-])c2)cc1. The van der Waals surface area contributed by atoms with Gasteiger partial charge in [0.25, 0.3) is 17.3 Å². The molecular weight excluding hydrogens is 600 g/mol. The minimum absolute atomic E-state index is 0.0426. The lowest BCUT2D eigenvalue weighted by molar-refractivity contribution is -0.385. The second kappa shape index (κ2) is 10.9. The predicted octanol–water partition coefficient (Wildman–Crippen LogP) is 4.16. The summed E-state index contributed by atoms with van der Waals surface area (Å²) in [6.45, 7) is 0. The summed E-state index contributed by atoms with van der Waals surface area (Å²) in [7, 11) is 1.53. The fourth-order valence-corrected chi connectivity index (χ4v) is 5.47. The topological polar surface area (TPSA) is 180 Å². The molecule has 2 aliphatic rings. The Morgan fingerprint density at radius 1 is 0.932 bits per heavy atom. The third-order valence-electron chi connectivity index (χ3n) is 7.25. The van der Waals surface area contributed by atoms with Crippen LogP contribution in [0.25, 0.3) is 0 Å². The zero-order chi connectivity index (χ0) is 31.3. The minimum Gasteiger partial charge on any atom is -0.422 e. The molecule has 15 nitrogen and oxygen atoms in total. The molecule has 0 spiro atoms. The largest absolute Gasteiger partial charge is 0.422 e. The Morgan fingerprint density at radius 3 is 2.23 bits per heavy atom. The van der Waals surface area contributed by atoms with Gasteiger partial charge in [-0.1, -0.05) is 29.8 Å². The maximum Gasteiger partial charge on any atom is 0.363 e. The fourth-order valence-electron chi connectivity index (χ4n) is 5.23. The third-order valence-corrected chi connectivity index (χ3v) is 7.53. The van der Waals surface area contributed by atoms with Crippen molar-refractivity contribution in [1.29, 1.82) is 0 Å². The van der Waals surface area contributed by atoms with Crippen LogP contribution in [0.1, 0.15) is 22.1 Å². The number of carbonyl (C=O) groups excluding carboxylic acids is 3. The summed E-state index contributed by atoms with van der Waals surface area (Å²) in [5.41, 5.74) is 0.409. The van der Waals surface area contributed by atoms with E-state index in [4.69, 9.17) is 21.2 Å². The molecule has 0 aliphatic carbocycles. The number of ether oxygens (including phenoxy) is 1. The average Bonchev–Trinajstić information content (AvgIpc) is 3.64. The summed E-state index contributed by atoms with van der Waals surface area (Å²) in [5.74, 6) is -3.03. The van der Waals surface area contributed by atoms with Crippen LogP contribution in [0.3, 0.4) is 0 Å². The molecule has 3 aromatic carbocycles. The van der Waals surface area contributed by atoms with E-state index in [0.717, 1.165) is 4.90 Å². The highest BCUT2D eigenvalue weighted by Gasteiger charge is 2.60. The van der Waals surface area contributed by atoms with E-state index in [1.54, 1.807) is 12.1 Å². The Labute approximate surface area is 252 Å². The van der Waals surface area contributed by atoms with Gasteiger partial charge in [0.05, 0.1) is 38.5 Å². The molecule has 3 heterocycles. The van der Waals surface area contributed by atoms with Gasteiger partial charge in [0, 0.05) is 31.3 Å². The highest BCUT2D eigenvalue weighted by Crippen LogP contribution is 2.48. The molecule has 2 fully saturated rings. The van der Waals surface area contributed by atoms with Gasteiger partial charge in [-0.05, 0) is 35.9 Å². The van der Waals surface area contributed by atoms with Gasteiger partial charge in [0.15, 0.2) is 11.8 Å². The number of hydrogen-bond acceptors (Lipinski definition) is 11. The summed E-state index contributed by atoms with van der Waals surface area (Å²) in [5, 5.41) is 27.9. The van der Waals surface area contributed by atoms with Crippen LogP contribution in [0, 0.1) is 26.1 Å². The summed E-state index contributed by atoms with van der Waals surface area (Å²) < 4.78 is 6.71. The van der Waals surface area contributed by atoms with Gasteiger partial charge >= 0.3 is 5.97 Å². The minimum atomic E-state index is -1.30. The van der Waals surface area contributed by atoms with Crippen molar-refractivity contribution in [3.8, 4) is 5.75 Å². The Morgan fingerprint density at radius 2 is 1.61 bits per heavy atom. The molecule has 0 N–H and O–H groups in total. The van der Waals surface area contributed by atoms with Gasteiger partial charge in [-0.3, -0.25) is 39.3 Å². The molecule has 2 saturated heterocycles. The molecule has 4 aromatic rings. The lowest BCUT2D eigenvalue weighted by Gasteiger charge is -2.28. The van der Waals surface area contributed by atoms with E-state index < -0.39 is 45.7 Å². The van der Waals surface area contributed by atoms with E-state index in [1.165, 1.54) is 83.7 Å². The Balaban J connectivity index is 1.35. The van der Waals surface area contributed by atoms with Gasteiger partial charge in [-0.15, -0.1) is 0 Å². The van der Waals surface area contributed by atoms with Crippen molar-refractivity contribution < 1.29 is 33.8 Å². The molecule has 1 aromatic heterocycles. The van der Waals surface area contributed by atoms with Crippen LogP contribution in [0.15, 0.2) is 79.0 Å². The summed E-state index contributed by atoms with van der Waals surface area (Å²) in [6.07, 6.45) is 0.00611. The first-order valence-electron chi connectivity index (χ1n) is 12.9. The number of esters is 1. The van der Waals surface area contributed by atoms with Gasteiger partial charge in [-0.2, -0.15) is 5.10 Å². The zero-order valence-corrected chi connectivity index (χ0v) is 23.2. The van der Waals surface area contributed by atoms with E-state index in [1.807, 2.05) is 0 Å². The van der Waals surface area contributed by atoms with Crippen molar-refractivity contribution in [2.75, 3.05) is 9.96 Å². The average molecular weight is 619 g/mol. The number of nitro groups is 2. The van der Waals surface area contributed by atoms with Crippen LogP contribution in [-0.4, -0.2) is 43.5 Å². The molecule has 0 saturated carbocycles. The second-order valence-electron chi connectivity index (χ2n) is 9.81. The number of nitrogens with zero attached hydrogens (tertiary/aromatic N) is 6. The molecule has 0 radical (unpaired) electrons. The quantitative estimate of drug-likeness (QED) is 0.0953. The van der Waals surface area contributed by atoms with Crippen LogP contribution in [0.4, 0.5) is 22.7 Å². The van der Waals surface area contributed by atoms with Crippen LogP contribution in [-0.2, 0) is 21.5 Å². The number of amides is 2. The maximum absolute atomic E-state index is 13.8. The van der Waals surface area contributed by atoms with Crippen LogP contribution in [0.5, 0.6) is 5.75 Å². The molecule has 222 valence electrons. The number of aromatic nitrogens is 2. The van der Waals surface area contributed by atoms with Gasteiger partial charge in [0.1, 0.15) is 11.7 Å². The number of benzene rings is 3. The first-order valence-corrected chi connectivity index (χ1v) is 13.3. The molecule has 3 atom stereocenters. The number of non-ortho nitro benzene ring substituents is 2. The third kappa shape index (κ3) is 4.79.